The van der Waals surface area contributed by atoms with Crippen molar-refractivity contribution in [3.05, 3.63) is 78.7 Å². The van der Waals surface area contributed by atoms with Crippen LogP contribution in [0.5, 0.6) is 17.4 Å². The van der Waals surface area contributed by atoms with Crippen molar-refractivity contribution in [1.82, 2.24) is 10.2 Å². The normalized spacial score (nSPS) is 15.0. The highest BCUT2D eigenvalue weighted by atomic mass is 79.9. The highest BCUT2D eigenvalue weighted by molar-refractivity contribution is 9.10. The summed E-state index contributed by atoms with van der Waals surface area (Å²) in [6.07, 6.45) is 0. The SMILES string of the molecule is CCOc1cc(C2C(C#N)=C(N)Oc3n[nH]c(C)c32)cc(Br)c1OCc1c(Cl)cccc1Cl. The van der Waals surface area contributed by atoms with E-state index in [1.54, 1.807) is 18.2 Å². The number of hydrogen-bond acceptors (Lipinski definition) is 6. The van der Waals surface area contributed by atoms with Crippen molar-refractivity contribution < 1.29 is 14.2 Å². The van der Waals surface area contributed by atoms with E-state index in [2.05, 4.69) is 32.2 Å². The summed E-state index contributed by atoms with van der Waals surface area (Å²) in [6, 6.07) is 11.2. The molecule has 0 saturated carbocycles. The average molecular weight is 550 g/mol. The Labute approximate surface area is 209 Å². The molecule has 170 valence electrons. The Hall–Kier alpha value is -2.86. The molecule has 7 nitrogen and oxygen atoms in total. The molecular formula is C23H19BrCl2N4O3. The number of nitrogens with two attached hydrogens (primary N) is 1. The lowest BCUT2D eigenvalue weighted by Crippen LogP contribution is -2.21. The summed E-state index contributed by atoms with van der Waals surface area (Å²) >= 11 is 16.2. The number of nitrogens with one attached hydrogen (secondary N) is 1. The highest BCUT2D eigenvalue weighted by Crippen LogP contribution is 2.47. The van der Waals surface area contributed by atoms with Crippen LogP contribution in [-0.4, -0.2) is 16.8 Å². The van der Waals surface area contributed by atoms with Crippen LogP contribution in [0.15, 0.2) is 46.3 Å². The minimum atomic E-state index is -0.486. The lowest BCUT2D eigenvalue weighted by atomic mass is 9.84. The first kappa shape index (κ1) is 23.3. The summed E-state index contributed by atoms with van der Waals surface area (Å²) in [6.45, 7) is 4.30. The number of fused-ring (bicyclic) bond motifs is 1. The molecule has 1 atom stereocenters. The number of nitriles is 1. The molecule has 2 heterocycles. The van der Waals surface area contributed by atoms with Gasteiger partial charge in [0, 0.05) is 26.9 Å². The van der Waals surface area contributed by atoms with E-state index < -0.39 is 5.92 Å². The molecule has 3 N–H and O–H groups in total. The summed E-state index contributed by atoms with van der Waals surface area (Å²) < 4.78 is 18.2. The fourth-order valence-electron chi connectivity index (χ4n) is 3.70. The maximum atomic E-state index is 9.81. The quantitative estimate of drug-likeness (QED) is 0.391. The molecule has 0 saturated heterocycles. The lowest BCUT2D eigenvalue weighted by molar-refractivity contribution is 0.267. The first-order chi connectivity index (χ1) is 15.8. The molecule has 1 aromatic heterocycles. The van der Waals surface area contributed by atoms with Gasteiger partial charge in [-0.2, -0.15) is 5.26 Å². The van der Waals surface area contributed by atoms with Gasteiger partial charge in [-0.15, -0.1) is 5.10 Å². The van der Waals surface area contributed by atoms with E-state index >= 15 is 0 Å². The van der Waals surface area contributed by atoms with Gasteiger partial charge in [-0.3, -0.25) is 5.10 Å². The molecule has 0 amide bonds. The summed E-state index contributed by atoms with van der Waals surface area (Å²) in [5.74, 6) is 0.861. The van der Waals surface area contributed by atoms with E-state index in [0.29, 0.717) is 44.1 Å². The molecule has 4 rings (SSSR count). The van der Waals surface area contributed by atoms with Crippen LogP contribution in [0, 0.1) is 18.3 Å². The number of rotatable bonds is 6. The van der Waals surface area contributed by atoms with Gasteiger partial charge in [0.25, 0.3) is 0 Å². The van der Waals surface area contributed by atoms with Crippen LogP contribution in [0.1, 0.15) is 35.2 Å². The zero-order valence-corrected chi connectivity index (χ0v) is 20.8. The Kier molecular flexibility index (Phi) is 6.75. The zero-order chi connectivity index (χ0) is 23.7. The van der Waals surface area contributed by atoms with Crippen molar-refractivity contribution in [2.75, 3.05) is 6.61 Å². The van der Waals surface area contributed by atoms with Crippen molar-refractivity contribution >= 4 is 39.1 Å². The third kappa shape index (κ3) is 4.36. The fourth-order valence-corrected chi connectivity index (χ4v) is 4.78. The van der Waals surface area contributed by atoms with Crippen molar-refractivity contribution in [2.45, 2.75) is 26.4 Å². The molecule has 1 aliphatic rings. The topological polar surface area (TPSA) is 106 Å². The van der Waals surface area contributed by atoms with Gasteiger partial charge in [-0.1, -0.05) is 29.3 Å². The van der Waals surface area contributed by atoms with Crippen LogP contribution in [0.3, 0.4) is 0 Å². The Bertz CT molecular complexity index is 1280. The molecular weight excluding hydrogens is 531 g/mol. The van der Waals surface area contributed by atoms with Crippen molar-refractivity contribution in [1.29, 1.82) is 5.26 Å². The monoisotopic (exact) mass is 548 g/mol. The number of allylic oxidation sites excluding steroid dienone is 1. The number of H-pyrrole nitrogens is 1. The van der Waals surface area contributed by atoms with E-state index in [0.717, 1.165) is 16.8 Å². The third-order valence-corrected chi connectivity index (χ3v) is 6.51. The van der Waals surface area contributed by atoms with Crippen LogP contribution in [-0.2, 0) is 6.61 Å². The van der Waals surface area contributed by atoms with E-state index in [4.69, 9.17) is 43.1 Å². The van der Waals surface area contributed by atoms with Crippen LogP contribution in [0.25, 0.3) is 0 Å². The molecule has 2 aromatic carbocycles. The summed E-state index contributed by atoms with van der Waals surface area (Å²) in [5, 5.41) is 17.9. The molecule has 1 unspecified atom stereocenters. The third-order valence-electron chi connectivity index (χ3n) is 5.22. The standard InChI is InChI=1S/C23H19BrCl2N4O3/c1-3-31-18-8-12(20-13(9-27)22(28)33-23-19(20)11(2)29-30-23)7-15(24)21(18)32-10-14-16(25)5-4-6-17(14)26/h4-8,20H,3,10,28H2,1-2H3,(H,29,30). The van der Waals surface area contributed by atoms with Crippen LogP contribution >= 0.6 is 39.1 Å². The fraction of sp³-hybridized carbons (Fsp3) is 0.217. The smallest absolute Gasteiger partial charge is 0.244 e. The number of halogens is 3. The predicted octanol–water partition coefficient (Wildman–Crippen LogP) is 5.98. The maximum Gasteiger partial charge on any atom is 0.244 e. The number of benzene rings is 2. The molecule has 33 heavy (non-hydrogen) atoms. The lowest BCUT2D eigenvalue weighted by Gasteiger charge is -2.25. The van der Waals surface area contributed by atoms with E-state index in [1.165, 1.54) is 0 Å². The molecule has 0 bridgehead atoms. The predicted molar refractivity (Wildman–Crippen MR) is 129 cm³/mol. The van der Waals surface area contributed by atoms with Gasteiger partial charge in [0.1, 0.15) is 18.2 Å². The van der Waals surface area contributed by atoms with Gasteiger partial charge in [-0.05, 0) is 59.6 Å². The number of hydrogen-bond donors (Lipinski definition) is 2. The number of aromatic amines is 1. The zero-order valence-electron chi connectivity index (χ0n) is 17.7. The largest absolute Gasteiger partial charge is 0.490 e. The van der Waals surface area contributed by atoms with Crippen LogP contribution in [0.2, 0.25) is 10.0 Å². The number of nitrogens with zero attached hydrogens (tertiary/aromatic N) is 2. The van der Waals surface area contributed by atoms with E-state index in [-0.39, 0.29) is 18.1 Å². The Morgan fingerprint density at radius 2 is 2.00 bits per heavy atom. The van der Waals surface area contributed by atoms with Crippen molar-refractivity contribution in [2.24, 2.45) is 5.73 Å². The van der Waals surface area contributed by atoms with E-state index in [1.807, 2.05) is 26.0 Å². The maximum absolute atomic E-state index is 9.81. The Morgan fingerprint density at radius 3 is 2.67 bits per heavy atom. The second-order valence-electron chi connectivity index (χ2n) is 7.24. The summed E-state index contributed by atoms with van der Waals surface area (Å²) in [7, 11) is 0. The van der Waals surface area contributed by atoms with Gasteiger partial charge in [0.2, 0.25) is 11.8 Å². The number of ether oxygens (including phenoxy) is 3. The average Bonchev–Trinajstić information content (AvgIpc) is 3.13. The number of aryl methyl sites for hydroxylation is 1. The summed E-state index contributed by atoms with van der Waals surface area (Å²) in [4.78, 5) is 0. The first-order valence-corrected chi connectivity index (χ1v) is 11.5. The van der Waals surface area contributed by atoms with Crippen molar-refractivity contribution in [3.63, 3.8) is 0 Å². The van der Waals surface area contributed by atoms with Crippen LogP contribution < -0.4 is 19.9 Å². The molecule has 0 radical (unpaired) electrons. The highest BCUT2D eigenvalue weighted by Gasteiger charge is 2.35. The Balaban J connectivity index is 1.78. The van der Waals surface area contributed by atoms with Gasteiger partial charge >= 0.3 is 0 Å². The molecule has 0 spiro atoms. The number of aromatic nitrogens is 2. The molecule has 0 fully saturated rings. The molecule has 0 aliphatic carbocycles. The molecule has 3 aromatic rings. The second-order valence-corrected chi connectivity index (χ2v) is 8.91. The first-order valence-electron chi connectivity index (χ1n) is 10.00. The summed E-state index contributed by atoms with van der Waals surface area (Å²) in [5.41, 5.74) is 9.28. The van der Waals surface area contributed by atoms with Gasteiger partial charge in [0.15, 0.2) is 11.5 Å². The van der Waals surface area contributed by atoms with Gasteiger partial charge in [-0.25, -0.2) is 0 Å². The second kappa shape index (κ2) is 9.56. The Morgan fingerprint density at radius 1 is 1.27 bits per heavy atom. The van der Waals surface area contributed by atoms with E-state index in [9.17, 15) is 5.26 Å². The van der Waals surface area contributed by atoms with Crippen molar-refractivity contribution in [3.8, 4) is 23.4 Å². The molecule has 10 heteroatoms. The minimum absolute atomic E-state index is 0.0178. The van der Waals surface area contributed by atoms with Gasteiger partial charge < -0.3 is 19.9 Å². The minimum Gasteiger partial charge on any atom is -0.490 e. The molecule has 1 aliphatic heterocycles. The van der Waals surface area contributed by atoms with Gasteiger partial charge in [0.05, 0.1) is 17.0 Å². The van der Waals surface area contributed by atoms with Crippen LogP contribution in [0.4, 0.5) is 0 Å².